The molecule has 0 amide bonds. The first-order valence-corrected chi connectivity index (χ1v) is 21.3. The van der Waals surface area contributed by atoms with Crippen molar-refractivity contribution in [1.29, 1.82) is 0 Å². The monoisotopic (exact) mass is 781 g/mol. The van der Waals surface area contributed by atoms with Crippen molar-refractivity contribution in [3.63, 3.8) is 0 Å². The van der Waals surface area contributed by atoms with Crippen LogP contribution < -0.4 is 4.90 Å². The summed E-state index contributed by atoms with van der Waals surface area (Å²) < 4.78 is 2.64. The predicted molar refractivity (Wildman–Crippen MR) is 259 cm³/mol. The molecule has 0 radical (unpaired) electrons. The summed E-state index contributed by atoms with van der Waals surface area (Å²) in [7, 11) is 0. The molecule has 0 aliphatic heterocycles. The van der Waals surface area contributed by atoms with Crippen LogP contribution in [0, 0.1) is 0 Å². The van der Waals surface area contributed by atoms with Gasteiger partial charge >= 0.3 is 0 Å². The maximum Gasteiger partial charge on any atom is 0.0467 e. The van der Waals surface area contributed by atoms with Gasteiger partial charge in [-0.3, -0.25) is 0 Å². The Labute approximate surface area is 354 Å². The zero-order chi connectivity index (χ0) is 39.8. The molecule has 2 heteroatoms. The van der Waals surface area contributed by atoms with Crippen LogP contribution in [-0.4, -0.2) is 0 Å². The Morgan fingerprint density at radius 1 is 0.233 bits per heavy atom. The van der Waals surface area contributed by atoms with Gasteiger partial charge in [-0.1, -0.05) is 170 Å². The van der Waals surface area contributed by atoms with Gasteiger partial charge in [0.2, 0.25) is 0 Å². The molecular weight excluding hydrogens is 743 g/mol. The largest absolute Gasteiger partial charge is 0.310 e. The Balaban J connectivity index is 0.961. The lowest BCUT2D eigenvalue weighted by Crippen LogP contribution is -2.10. The summed E-state index contributed by atoms with van der Waals surface area (Å²) in [6, 6.07) is 86.2. The summed E-state index contributed by atoms with van der Waals surface area (Å²) in [4.78, 5) is 2.37. The number of benzene rings is 10. The highest BCUT2D eigenvalue weighted by molar-refractivity contribution is 7.25. The molecule has 1 nitrogen and oxygen atoms in total. The predicted octanol–water partition coefficient (Wildman–Crippen LogP) is 17.0. The highest BCUT2D eigenvalue weighted by Crippen LogP contribution is 2.41. The zero-order valence-electron chi connectivity index (χ0n) is 32.9. The second-order valence-corrected chi connectivity index (χ2v) is 16.5. The summed E-state index contributed by atoms with van der Waals surface area (Å²) in [5, 5.41) is 5.16. The molecule has 0 unspecified atom stereocenters. The topological polar surface area (TPSA) is 3.24 Å². The van der Waals surface area contributed by atoms with Crippen molar-refractivity contribution in [2.24, 2.45) is 0 Å². The summed E-state index contributed by atoms with van der Waals surface area (Å²) in [6.07, 6.45) is 0. The molecule has 0 bridgehead atoms. The van der Waals surface area contributed by atoms with E-state index in [2.05, 4.69) is 241 Å². The molecule has 0 atom stereocenters. The number of nitrogens with zero attached hydrogens (tertiary/aromatic N) is 1. The van der Waals surface area contributed by atoms with Gasteiger partial charge in [-0.25, -0.2) is 0 Å². The van der Waals surface area contributed by atoms with E-state index in [1.165, 1.54) is 86.6 Å². The van der Waals surface area contributed by atoms with Gasteiger partial charge in [-0.2, -0.15) is 0 Å². The van der Waals surface area contributed by atoms with E-state index in [0.29, 0.717) is 0 Å². The van der Waals surface area contributed by atoms with Gasteiger partial charge in [0, 0.05) is 37.2 Å². The van der Waals surface area contributed by atoms with E-state index in [1.54, 1.807) is 0 Å². The van der Waals surface area contributed by atoms with Crippen molar-refractivity contribution in [1.82, 2.24) is 0 Å². The van der Waals surface area contributed by atoms with Crippen molar-refractivity contribution in [2.75, 3.05) is 4.90 Å². The van der Waals surface area contributed by atoms with E-state index >= 15 is 0 Å². The quantitative estimate of drug-likeness (QED) is 0.148. The van der Waals surface area contributed by atoms with Crippen molar-refractivity contribution < 1.29 is 0 Å². The summed E-state index contributed by atoms with van der Waals surface area (Å²) in [5.41, 5.74) is 15.3. The van der Waals surface area contributed by atoms with Gasteiger partial charge in [-0.15, -0.1) is 11.3 Å². The van der Waals surface area contributed by atoms with Gasteiger partial charge in [0.05, 0.1) is 0 Å². The van der Waals surface area contributed by atoms with Crippen molar-refractivity contribution >= 4 is 59.3 Å². The first kappa shape index (κ1) is 35.6. The zero-order valence-corrected chi connectivity index (χ0v) is 33.7. The molecule has 11 aromatic rings. The van der Waals surface area contributed by atoms with Crippen molar-refractivity contribution in [3.05, 3.63) is 237 Å². The molecule has 0 saturated carbocycles. The molecule has 11 rings (SSSR count). The second kappa shape index (κ2) is 15.3. The van der Waals surface area contributed by atoms with Crippen LogP contribution in [0.3, 0.4) is 0 Å². The lowest BCUT2D eigenvalue weighted by Gasteiger charge is -2.26. The number of fused-ring (bicyclic) bond motifs is 4. The summed E-state index contributed by atoms with van der Waals surface area (Å²) in [5.74, 6) is 0. The average Bonchev–Trinajstić information content (AvgIpc) is 3.70. The average molecular weight is 782 g/mol. The lowest BCUT2D eigenvalue weighted by atomic mass is 9.97. The van der Waals surface area contributed by atoms with Gasteiger partial charge in [0.1, 0.15) is 0 Å². The fourth-order valence-electron chi connectivity index (χ4n) is 8.54. The minimum absolute atomic E-state index is 1.10. The fourth-order valence-corrected chi connectivity index (χ4v) is 9.68. The van der Waals surface area contributed by atoms with Crippen LogP contribution >= 0.6 is 11.3 Å². The molecule has 1 aromatic heterocycles. The Bertz CT molecular complexity index is 3310. The van der Waals surface area contributed by atoms with Gasteiger partial charge in [-0.05, 0) is 133 Å². The molecule has 0 aliphatic rings. The van der Waals surface area contributed by atoms with Gasteiger partial charge in [0.25, 0.3) is 0 Å². The molecule has 1 heterocycles. The third-order valence-electron chi connectivity index (χ3n) is 11.6. The Morgan fingerprint density at radius 2 is 0.683 bits per heavy atom. The molecule has 60 heavy (non-hydrogen) atoms. The van der Waals surface area contributed by atoms with E-state index in [4.69, 9.17) is 0 Å². The number of thiophene rings is 1. The third kappa shape index (κ3) is 6.83. The molecule has 0 aliphatic carbocycles. The SMILES string of the molecule is c1ccc(-c2cccc(-c3cccc(N(c4ccc(-c5cccc(-c6ccc7ccccc7c6)c5)cc4)c4ccc(-c5ccc6c(c5)sc5ccccc56)cc4)c3)c2)cc1. The van der Waals surface area contributed by atoms with Crippen LogP contribution in [0.2, 0.25) is 0 Å². The van der Waals surface area contributed by atoms with Crippen LogP contribution in [0.4, 0.5) is 17.1 Å². The van der Waals surface area contributed by atoms with Crippen LogP contribution in [0.5, 0.6) is 0 Å². The van der Waals surface area contributed by atoms with E-state index in [1.807, 2.05) is 11.3 Å². The third-order valence-corrected chi connectivity index (χ3v) is 12.8. The highest BCUT2D eigenvalue weighted by Gasteiger charge is 2.16. The smallest absolute Gasteiger partial charge is 0.0467 e. The second-order valence-electron chi connectivity index (χ2n) is 15.4. The van der Waals surface area contributed by atoms with Crippen LogP contribution in [-0.2, 0) is 0 Å². The highest BCUT2D eigenvalue weighted by atomic mass is 32.1. The normalized spacial score (nSPS) is 11.3. The molecule has 0 N–H and O–H groups in total. The maximum atomic E-state index is 2.37. The Morgan fingerprint density at radius 3 is 1.37 bits per heavy atom. The van der Waals surface area contributed by atoms with Crippen LogP contribution in [0.1, 0.15) is 0 Å². The van der Waals surface area contributed by atoms with Crippen molar-refractivity contribution in [3.8, 4) is 55.6 Å². The van der Waals surface area contributed by atoms with E-state index in [-0.39, 0.29) is 0 Å². The maximum absolute atomic E-state index is 2.37. The number of rotatable bonds is 8. The minimum Gasteiger partial charge on any atom is -0.310 e. The molecule has 282 valence electrons. The van der Waals surface area contributed by atoms with E-state index < -0.39 is 0 Å². The van der Waals surface area contributed by atoms with E-state index in [0.717, 1.165) is 17.1 Å². The number of anilines is 3. The molecular formula is C58H39NS. The first-order valence-electron chi connectivity index (χ1n) is 20.5. The Hall–Kier alpha value is -7.52. The van der Waals surface area contributed by atoms with Crippen LogP contribution in [0.25, 0.3) is 86.6 Å². The standard InChI is InChI=1S/C58H39NS/c1-2-11-40(12-3-1)45-15-8-17-47(35-45)49-19-10-20-54(38-49)59(53-32-27-43(28-33-53)51-29-34-56-55-21-6-7-22-57(55)60-58(56)39-51)52-30-25-42(26-31-52)46-16-9-18-48(36-46)50-24-23-41-13-4-5-14-44(41)37-50/h1-39H. The van der Waals surface area contributed by atoms with Crippen molar-refractivity contribution in [2.45, 2.75) is 0 Å². The minimum atomic E-state index is 1.10. The lowest BCUT2D eigenvalue weighted by molar-refractivity contribution is 1.28. The summed E-state index contributed by atoms with van der Waals surface area (Å²) in [6.45, 7) is 0. The summed E-state index contributed by atoms with van der Waals surface area (Å²) >= 11 is 1.86. The van der Waals surface area contributed by atoms with E-state index in [9.17, 15) is 0 Å². The van der Waals surface area contributed by atoms with Gasteiger partial charge in [0.15, 0.2) is 0 Å². The first-order chi connectivity index (χ1) is 29.7. The number of hydrogen-bond acceptors (Lipinski definition) is 2. The number of hydrogen-bond donors (Lipinski definition) is 0. The fraction of sp³-hybridized carbons (Fsp3) is 0. The van der Waals surface area contributed by atoms with Gasteiger partial charge < -0.3 is 4.90 Å². The molecule has 0 saturated heterocycles. The molecule has 10 aromatic carbocycles. The molecule has 0 fully saturated rings. The Kier molecular flexibility index (Phi) is 9.11. The van der Waals surface area contributed by atoms with Crippen LogP contribution in [0.15, 0.2) is 237 Å². The molecule has 0 spiro atoms.